The Labute approximate surface area is 109 Å². The lowest BCUT2D eigenvalue weighted by Gasteiger charge is -2.04. The third kappa shape index (κ3) is 3.09. The Hall–Kier alpha value is -2.31. The van der Waals surface area contributed by atoms with Gasteiger partial charge in [-0.25, -0.2) is 4.79 Å². The number of hydrogen-bond donors (Lipinski definition) is 1. The SMILES string of the molecule is CCOC(=O)c1c(C)csc1NC=C(C#N)C#N. The Morgan fingerprint density at radius 1 is 1.56 bits per heavy atom. The zero-order valence-corrected chi connectivity index (χ0v) is 10.8. The van der Waals surface area contributed by atoms with E-state index < -0.39 is 5.97 Å². The number of anilines is 1. The van der Waals surface area contributed by atoms with E-state index in [0.717, 1.165) is 5.56 Å². The Morgan fingerprint density at radius 3 is 2.78 bits per heavy atom. The van der Waals surface area contributed by atoms with Crippen LogP contribution in [0.15, 0.2) is 17.2 Å². The van der Waals surface area contributed by atoms with Crippen molar-refractivity contribution in [3.05, 3.63) is 28.3 Å². The van der Waals surface area contributed by atoms with E-state index in [4.69, 9.17) is 15.3 Å². The highest BCUT2D eigenvalue weighted by Crippen LogP contribution is 2.28. The van der Waals surface area contributed by atoms with E-state index in [2.05, 4.69) is 5.32 Å². The summed E-state index contributed by atoms with van der Waals surface area (Å²) in [4.78, 5) is 11.7. The molecule has 0 saturated carbocycles. The van der Waals surface area contributed by atoms with Crippen molar-refractivity contribution in [2.75, 3.05) is 11.9 Å². The van der Waals surface area contributed by atoms with Gasteiger partial charge in [0.15, 0.2) is 0 Å². The Balaban J connectivity index is 2.99. The minimum Gasteiger partial charge on any atom is -0.462 e. The molecule has 1 aromatic heterocycles. The summed E-state index contributed by atoms with van der Waals surface area (Å²) in [5.41, 5.74) is 1.18. The molecule has 6 heteroatoms. The standard InChI is InChI=1S/C12H11N3O2S/c1-3-17-12(16)10-8(2)7-18-11(10)15-6-9(4-13)5-14/h6-7,15H,3H2,1-2H3. The first-order valence-corrected chi connectivity index (χ1v) is 6.04. The summed E-state index contributed by atoms with van der Waals surface area (Å²) in [5.74, 6) is -0.414. The number of thiophene rings is 1. The Bertz CT molecular complexity index is 545. The summed E-state index contributed by atoms with van der Waals surface area (Å²) < 4.78 is 4.94. The smallest absolute Gasteiger partial charge is 0.341 e. The van der Waals surface area contributed by atoms with E-state index in [-0.39, 0.29) is 5.57 Å². The number of esters is 1. The molecule has 1 rings (SSSR count). The van der Waals surface area contributed by atoms with Crippen molar-refractivity contribution in [3.8, 4) is 12.1 Å². The molecule has 0 fully saturated rings. The fourth-order valence-corrected chi connectivity index (χ4v) is 2.14. The number of nitriles is 2. The van der Waals surface area contributed by atoms with Gasteiger partial charge in [-0.2, -0.15) is 10.5 Å². The highest BCUT2D eigenvalue weighted by molar-refractivity contribution is 7.14. The maximum atomic E-state index is 11.7. The van der Waals surface area contributed by atoms with E-state index in [1.54, 1.807) is 31.4 Å². The molecule has 5 nitrogen and oxygen atoms in total. The molecule has 0 radical (unpaired) electrons. The van der Waals surface area contributed by atoms with Gasteiger partial charge >= 0.3 is 5.97 Å². The van der Waals surface area contributed by atoms with Crippen molar-refractivity contribution in [2.24, 2.45) is 0 Å². The zero-order valence-electron chi connectivity index (χ0n) is 9.98. The predicted molar refractivity (Wildman–Crippen MR) is 67.9 cm³/mol. The third-order valence-electron chi connectivity index (χ3n) is 2.04. The summed E-state index contributed by atoms with van der Waals surface area (Å²) in [6.07, 6.45) is 1.27. The highest BCUT2D eigenvalue weighted by atomic mass is 32.1. The van der Waals surface area contributed by atoms with Crippen LogP contribution in [0.4, 0.5) is 5.00 Å². The molecule has 0 aliphatic rings. The summed E-state index contributed by atoms with van der Waals surface area (Å²) in [6, 6.07) is 3.46. The quantitative estimate of drug-likeness (QED) is 0.665. The number of ether oxygens (including phenoxy) is 1. The number of hydrogen-bond acceptors (Lipinski definition) is 6. The summed E-state index contributed by atoms with van der Waals surface area (Å²) >= 11 is 1.32. The first-order valence-electron chi connectivity index (χ1n) is 5.16. The van der Waals surface area contributed by atoms with Gasteiger partial charge in [-0.1, -0.05) is 0 Å². The van der Waals surface area contributed by atoms with Gasteiger partial charge in [0.25, 0.3) is 0 Å². The number of allylic oxidation sites excluding steroid dienone is 1. The van der Waals surface area contributed by atoms with Crippen molar-refractivity contribution in [2.45, 2.75) is 13.8 Å². The van der Waals surface area contributed by atoms with Crippen molar-refractivity contribution in [3.63, 3.8) is 0 Å². The van der Waals surface area contributed by atoms with Crippen LogP contribution in [0.1, 0.15) is 22.8 Å². The molecule has 0 bridgehead atoms. The molecule has 0 saturated heterocycles. The van der Waals surface area contributed by atoms with Crippen LogP contribution in [-0.4, -0.2) is 12.6 Å². The van der Waals surface area contributed by atoms with Crippen LogP contribution in [0.3, 0.4) is 0 Å². The van der Waals surface area contributed by atoms with Gasteiger partial charge in [-0.15, -0.1) is 11.3 Å². The largest absolute Gasteiger partial charge is 0.462 e. The van der Waals surface area contributed by atoms with E-state index in [1.165, 1.54) is 17.5 Å². The lowest BCUT2D eigenvalue weighted by Crippen LogP contribution is -2.07. The summed E-state index contributed by atoms with van der Waals surface area (Å²) in [5, 5.41) is 22.4. The van der Waals surface area contributed by atoms with Crippen LogP contribution in [0.2, 0.25) is 0 Å². The fraction of sp³-hybridized carbons (Fsp3) is 0.250. The predicted octanol–water partition coefficient (Wildman–Crippen LogP) is 2.58. The van der Waals surface area contributed by atoms with Crippen LogP contribution >= 0.6 is 11.3 Å². The number of carbonyl (C=O) groups is 1. The van der Waals surface area contributed by atoms with Gasteiger partial charge in [-0.05, 0) is 24.8 Å². The molecule has 1 N–H and O–H groups in total. The first-order chi connectivity index (χ1) is 8.63. The zero-order chi connectivity index (χ0) is 13.5. The Kier molecular flexibility index (Phi) is 4.91. The van der Waals surface area contributed by atoms with E-state index in [1.807, 2.05) is 0 Å². The minimum absolute atomic E-state index is 0.0594. The second-order valence-corrected chi connectivity index (χ2v) is 4.15. The summed E-state index contributed by atoms with van der Waals surface area (Å²) in [7, 11) is 0. The van der Waals surface area contributed by atoms with Crippen molar-refractivity contribution < 1.29 is 9.53 Å². The molecule has 0 aromatic carbocycles. The van der Waals surface area contributed by atoms with Gasteiger partial charge in [0.05, 0.1) is 12.2 Å². The van der Waals surface area contributed by atoms with Crippen LogP contribution < -0.4 is 5.32 Å². The molecule has 0 aliphatic heterocycles. The average molecular weight is 261 g/mol. The lowest BCUT2D eigenvalue weighted by molar-refractivity contribution is 0.0527. The number of rotatable bonds is 4. The monoisotopic (exact) mass is 261 g/mol. The van der Waals surface area contributed by atoms with Gasteiger partial charge in [0.2, 0.25) is 0 Å². The van der Waals surface area contributed by atoms with Crippen LogP contribution in [-0.2, 0) is 4.74 Å². The highest BCUT2D eigenvalue weighted by Gasteiger charge is 2.17. The van der Waals surface area contributed by atoms with Crippen molar-refractivity contribution in [1.29, 1.82) is 10.5 Å². The normalized spacial score (nSPS) is 8.89. The number of nitrogens with one attached hydrogen (secondary N) is 1. The third-order valence-corrected chi connectivity index (χ3v) is 3.07. The molecule has 18 heavy (non-hydrogen) atoms. The molecular weight excluding hydrogens is 250 g/mol. The molecule has 1 heterocycles. The molecule has 0 spiro atoms. The van der Waals surface area contributed by atoms with Gasteiger partial charge in [-0.3, -0.25) is 0 Å². The molecule has 0 atom stereocenters. The second-order valence-electron chi connectivity index (χ2n) is 3.27. The molecule has 1 aromatic rings. The lowest BCUT2D eigenvalue weighted by atomic mass is 10.2. The van der Waals surface area contributed by atoms with E-state index in [9.17, 15) is 4.79 Å². The van der Waals surface area contributed by atoms with Gasteiger partial charge in [0.1, 0.15) is 22.7 Å². The number of carbonyl (C=O) groups excluding carboxylic acids is 1. The van der Waals surface area contributed by atoms with Crippen LogP contribution in [0.25, 0.3) is 0 Å². The summed E-state index contributed by atoms with van der Waals surface area (Å²) in [6.45, 7) is 3.83. The number of nitrogens with zero attached hydrogens (tertiary/aromatic N) is 2. The Morgan fingerprint density at radius 2 is 2.22 bits per heavy atom. The topological polar surface area (TPSA) is 85.9 Å². The van der Waals surface area contributed by atoms with Gasteiger partial charge in [0, 0.05) is 6.20 Å². The van der Waals surface area contributed by atoms with E-state index >= 15 is 0 Å². The fourth-order valence-electron chi connectivity index (χ4n) is 1.23. The van der Waals surface area contributed by atoms with Crippen molar-refractivity contribution in [1.82, 2.24) is 0 Å². The maximum Gasteiger partial charge on any atom is 0.341 e. The van der Waals surface area contributed by atoms with Gasteiger partial charge < -0.3 is 10.1 Å². The molecule has 0 amide bonds. The molecule has 0 unspecified atom stereocenters. The number of aryl methyl sites for hydroxylation is 1. The molecular formula is C12H11N3O2S. The first kappa shape index (κ1) is 13.8. The van der Waals surface area contributed by atoms with E-state index in [0.29, 0.717) is 17.2 Å². The maximum absolute atomic E-state index is 11.7. The second kappa shape index (κ2) is 6.43. The van der Waals surface area contributed by atoms with Crippen LogP contribution in [0.5, 0.6) is 0 Å². The van der Waals surface area contributed by atoms with Crippen molar-refractivity contribution >= 4 is 22.3 Å². The van der Waals surface area contributed by atoms with Crippen LogP contribution in [0, 0.1) is 29.6 Å². The average Bonchev–Trinajstić information content (AvgIpc) is 2.72. The minimum atomic E-state index is -0.414. The molecule has 0 aliphatic carbocycles. The molecule has 92 valence electrons.